The lowest BCUT2D eigenvalue weighted by Crippen LogP contribution is -2.21. The van der Waals surface area contributed by atoms with Crippen molar-refractivity contribution in [3.63, 3.8) is 0 Å². The minimum Gasteiger partial charge on any atom is -0.399 e. The molecule has 1 aromatic carbocycles. The van der Waals surface area contributed by atoms with E-state index in [0.29, 0.717) is 12.2 Å². The second-order valence-corrected chi connectivity index (χ2v) is 4.66. The normalized spacial score (nSPS) is 11.0. The number of hydrogen-bond donors (Lipinski definition) is 1. The fraction of sp³-hybridized carbons (Fsp3) is 0.214. The van der Waals surface area contributed by atoms with Crippen LogP contribution in [0.2, 0.25) is 0 Å². The van der Waals surface area contributed by atoms with Crippen LogP contribution in [0.15, 0.2) is 47.7 Å². The third kappa shape index (κ3) is 2.40. The van der Waals surface area contributed by atoms with Crippen LogP contribution in [0.5, 0.6) is 0 Å². The average molecular weight is 269 g/mol. The van der Waals surface area contributed by atoms with E-state index in [1.807, 2.05) is 24.3 Å². The Bertz CT molecular complexity index is 789. The Balaban J connectivity index is 1.71. The number of rotatable bonds is 4. The predicted molar refractivity (Wildman–Crippen MR) is 76.4 cm³/mol. The molecule has 0 unspecified atom stereocenters. The van der Waals surface area contributed by atoms with Gasteiger partial charge in [0.25, 0.3) is 0 Å². The van der Waals surface area contributed by atoms with E-state index < -0.39 is 0 Å². The Labute approximate surface area is 115 Å². The molecule has 6 heteroatoms. The van der Waals surface area contributed by atoms with E-state index in [-0.39, 0.29) is 5.69 Å². The lowest BCUT2D eigenvalue weighted by Gasteiger charge is -2.02. The highest BCUT2D eigenvalue weighted by Crippen LogP contribution is 2.09. The van der Waals surface area contributed by atoms with E-state index in [9.17, 15) is 4.79 Å². The molecule has 3 aromatic rings. The minimum atomic E-state index is -0.130. The van der Waals surface area contributed by atoms with Crippen molar-refractivity contribution < 1.29 is 0 Å². The molecule has 2 aromatic heterocycles. The van der Waals surface area contributed by atoms with Gasteiger partial charge in [0.05, 0.1) is 6.20 Å². The third-order valence-electron chi connectivity index (χ3n) is 3.18. The van der Waals surface area contributed by atoms with Crippen molar-refractivity contribution in [2.24, 2.45) is 0 Å². The van der Waals surface area contributed by atoms with Crippen LogP contribution in [-0.4, -0.2) is 19.2 Å². The second kappa shape index (κ2) is 5.16. The van der Waals surface area contributed by atoms with Gasteiger partial charge in [0.1, 0.15) is 0 Å². The van der Waals surface area contributed by atoms with Gasteiger partial charge in [0, 0.05) is 24.6 Å². The molecule has 0 aliphatic heterocycles. The van der Waals surface area contributed by atoms with Crippen molar-refractivity contribution in [2.75, 3.05) is 5.73 Å². The summed E-state index contributed by atoms with van der Waals surface area (Å²) in [5.74, 6) is 0. The number of fused-ring (bicyclic) bond motifs is 1. The number of anilines is 1. The summed E-state index contributed by atoms with van der Waals surface area (Å²) in [5.41, 5.74) is 8.11. The van der Waals surface area contributed by atoms with Gasteiger partial charge < -0.3 is 5.73 Å². The summed E-state index contributed by atoms with van der Waals surface area (Å²) in [5, 5.41) is 4.24. The van der Waals surface area contributed by atoms with Crippen molar-refractivity contribution in [3.8, 4) is 0 Å². The van der Waals surface area contributed by atoms with Crippen molar-refractivity contribution in [3.05, 3.63) is 58.9 Å². The molecule has 102 valence electrons. The summed E-state index contributed by atoms with van der Waals surface area (Å²) < 4.78 is 2.97. The molecular weight excluding hydrogens is 254 g/mol. The van der Waals surface area contributed by atoms with Crippen LogP contribution in [0.4, 0.5) is 5.69 Å². The zero-order chi connectivity index (χ0) is 13.9. The molecule has 0 saturated carbocycles. The van der Waals surface area contributed by atoms with E-state index in [1.165, 1.54) is 14.6 Å². The monoisotopic (exact) mass is 269 g/mol. The number of nitrogens with two attached hydrogens (primary N) is 1. The van der Waals surface area contributed by atoms with Crippen LogP contribution in [0, 0.1) is 0 Å². The minimum absolute atomic E-state index is 0.130. The van der Waals surface area contributed by atoms with Crippen molar-refractivity contribution >= 4 is 11.3 Å². The largest absolute Gasteiger partial charge is 0.399 e. The van der Waals surface area contributed by atoms with Gasteiger partial charge in [0.15, 0.2) is 5.65 Å². The molecule has 2 N–H and O–H groups in total. The first-order chi connectivity index (χ1) is 9.74. The first-order valence-corrected chi connectivity index (χ1v) is 6.47. The van der Waals surface area contributed by atoms with Gasteiger partial charge in [-0.2, -0.15) is 0 Å². The van der Waals surface area contributed by atoms with E-state index >= 15 is 0 Å². The van der Waals surface area contributed by atoms with Gasteiger partial charge in [-0.25, -0.2) is 13.9 Å². The van der Waals surface area contributed by atoms with E-state index in [2.05, 4.69) is 10.1 Å². The number of nitrogen functional groups attached to an aromatic ring is 1. The molecular formula is C14H15N5O. The predicted octanol–water partition coefficient (Wildman–Crippen LogP) is 1.11. The lowest BCUT2D eigenvalue weighted by molar-refractivity contribution is 0.561. The quantitative estimate of drug-likeness (QED) is 0.719. The van der Waals surface area contributed by atoms with E-state index in [0.717, 1.165) is 18.5 Å². The van der Waals surface area contributed by atoms with Crippen LogP contribution >= 0.6 is 0 Å². The highest BCUT2D eigenvalue weighted by Gasteiger charge is 2.05. The maximum absolute atomic E-state index is 12.0. The SMILES string of the molecule is Nc1cccc(CCCn2nc3cnccn3c2=O)c1. The number of aryl methyl sites for hydroxylation is 2. The molecule has 0 radical (unpaired) electrons. The third-order valence-corrected chi connectivity index (χ3v) is 3.18. The Morgan fingerprint density at radius 3 is 3.00 bits per heavy atom. The van der Waals surface area contributed by atoms with Gasteiger partial charge in [0.2, 0.25) is 0 Å². The number of nitrogens with zero attached hydrogens (tertiary/aromatic N) is 4. The van der Waals surface area contributed by atoms with E-state index in [4.69, 9.17) is 5.73 Å². The maximum Gasteiger partial charge on any atom is 0.350 e. The Hall–Kier alpha value is -2.63. The van der Waals surface area contributed by atoms with Crippen LogP contribution < -0.4 is 11.4 Å². The van der Waals surface area contributed by atoms with Gasteiger partial charge in [-0.1, -0.05) is 12.1 Å². The molecule has 0 spiro atoms. The molecule has 0 amide bonds. The Kier molecular flexibility index (Phi) is 3.20. The summed E-state index contributed by atoms with van der Waals surface area (Å²) >= 11 is 0. The molecule has 6 nitrogen and oxygen atoms in total. The topological polar surface area (TPSA) is 78.2 Å². The molecule has 0 bridgehead atoms. The van der Waals surface area contributed by atoms with Gasteiger partial charge in [-0.3, -0.25) is 4.98 Å². The summed E-state index contributed by atoms with van der Waals surface area (Å²) in [4.78, 5) is 16.0. The summed E-state index contributed by atoms with van der Waals surface area (Å²) in [6, 6.07) is 7.79. The van der Waals surface area contributed by atoms with Crippen LogP contribution in [0.25, 0.3) is 5.65 Å². The van der Waals surface area contributed by atoms with Crippen molar-refractivity contribution in [1.82, 2.24) is 19.2 Å². The van der Waals surface area contributed by atoms with Crippen LogP contribution in [0.1, 0.15) is 12.0 Å². The standard InChI is InChI=1S/C14H15N5O/c15-12-5-1-3-11(9-12)4-2-7-19-14(20)18-8-6-16-10-13(18)17-19/h1,3,5-6,8-10H,2,4,7,15H2. The summed E-state index contributed by atoms with van der Waals surface area (Å²) in [6.07, 6.45) is 6.48. The van der Waals surface area contributed by atoms with Gasteiger partial charge >= 0.3 is 5.69 Å². The van der Waals surface area contributed by atoms with Crippen LogP contribution in [-0.2, 0) is 13.0 Å². The molecule has 0 aliphatic carbocycles. The average Bonchev–Trinajstić information content (AvgIpc) is 2.76. The molecule has 0 atom stereocenters. The molecule has 0 aliphatic rings. The Morgan fingerprint density at radius 1 is 1.30 bits per heavy atom. The lowest BCUT2D eigenvalue weighted by atomic mass is 10.1. The first kappa shape index (κ1) is 12.4. The van der Waals surface area contributed by atoms with Gasteiger partial charge in [-0.05, 0) is 30.5 Å². The highest BCUT2D eigenvalue weighted by molar-refractivity contribution is 5.40. The number of hydrogen-bond acceptors (Lipinski definition) is 4. The zero-order valence-corrected chi connectivity index (χ0v) is 10.9. The molecule has 20 heavy (non-hydrogen) atoms. The smallest absolute Gasteiger partial charge is 0.350 e. The molecule has 0 fully saturated rings. The van der Waals surface area contributed by atoms with Crippen LogP contribution in [0.3, 0.4) is 0 Å². The molecule has 0 saturated heterocycles. The fourth-order valence-electron chi connectivity index (χ4n) is 2.21. The maximum atomic E-state index is 12.0. The van der Waals surface area contributed by atoms with Gasteiger partial charge in [-0.15, -0.1) is 5.10 Å². The number of benzene rings is 1. The Morgan fingerprint density at radius 2 is 2.20 bits per heavy atom. The summed E-state index contributed by atoms with van der Waals surface area (Å²) in [6.45, 7) is 0.579. The molecule has 2 heterocycles. The summed E-state index contributed by atoms with van der Waals surface area (Å²) in [7, 11) is 0. The molecule has 3 rings (SSSR count). The first-order valence-electron chi connectivity index (χ1n) is 6.47. The highest BCUT2D eigenvalue weighted by atomic mass is 16.2. The fourth-order valence-corrected chi connectivity index (χ4v) is 2.21. The number of aromatic nitrogens is 4. The van der Waals surface area contributed by atoms with Crippen molar-refractivity contribution in [1.29, 1.82) is 0 Å². The zero-order valence-electron chi connectivity index (χ0n) is 10.9. The van der Waals surface area contributed by atoms with E-state index in [1.54, 1.807) is 18.6 Å². The van der Waals surface area contributed by atoms with Crippen molar-refractivity contribution in [2.45, 2.75) is 19.4 Å². The second-order valence-electron chi connectivity index (χ2n) is 4.66.